The molecule has 4 nitrogen and oxygen atoms in total. The second-order valence-electron chi connectivity index (χ2n) is 6.73. The van der Waals surface area contributed by atoms with Crippen molar-refractivity contribution in [2.75, 3.05) is 6.54 Å². The van der Waals surface area contributed by atoms with E-state index in [-0.39, 0.29) is 29.9 Å². The highest BCUT2D eigenvalue weighted by atomic mass is 35.5. The molecule has 1 saturated carbocycles. The minimum absolute atomic E-state index is 0. The maximum absolute atomic E-state index is 14.1. The van der Waals surface area contributed by atoms with Crippen LogP contribution in [0.5, 0.6) is 11.5 Å². The first-order valence-corrected chi connectivity index (χ1v) is 9.23. The Morgan fingerprint density at radius 2 is 1.74 bits per heavy atom. The standard InChI is InChI=1S/C21H25FN2O2.ClH/c22-20-11-10-18(26-17-8-6-15(7-9-17)12-13-23)14-19(20)21(25)24-16-4-2-1-3-5-16;/h6-11,14,16H,1-5,12-13,23H2,(H,24,25);1H. The third-order valence-corrected chi connectivity index (χ3v) is 4.71. The molecule has 1 aliphatic rings. The van der Waals surface area contributed by atoms with Crippen molar-refractivity contribution in [3.8, 4) is 11.5 Å². The number of benzene rings is 2. The lowest BCUT2D eigenvalue weighted by molar-refractivity contribution is 0.0923. The quantitative estimate of drug-likeness (QED) is 0.754. The van der Waals surface area contributed by atoms with Crippen LogP contribution in [0.1, 0.15) is 48.0 Å². The maximum Gasteiger partial charge on any atom is 0.254 e. The van der Waals surface area contributed by atoms with Crippen molar-refractivity contribution >= 4 is 18.3 Å². The number of amides is 1. The van der Waals surface area contributed by atoms with Crippen molar-refractivity contribution in [2.45, 2.75) is 44.6 Å². The summed E-state index contributed by atoms with van der Waals surface area (Å²) in [6.45, 7) is 0.595. The minimum atomic E-state index is -0.538. The second-order valence-corrected chi connectivity index (χ2v) is 6.73. The Morgan fingerprint density at radius 3 is 2.41 bits per heavy atom. The van der Waals surface area contributed by atoms with E-state index in [1.165, 1.54) is 24.6 Å². The molecule has 0 spiro atoms. The van der Waals surface area contributed by atoms with Crippen LogP contribution in [0, 0.1) is 5.82 Å². The highest BCUT2D eigenvalue weighted by Crippen LogP contribution is 2.25. The lowest BCUT2D eigenvalue weighted by Crippen LogP contribution is -2.36. The number of ether oxygens (including phenoxy) is 1. The molecule has 0 saturated heterocycles. The van der Waals surface area contributed by atoms with Crippen molar-refractivity contribution in [2.24, 2.45) is 5.73 Å². The zero-order valence-corrected chi connectivity index (χ0v) is 16.1. The molecule has 1 amide bonds. The average Bonchev–Trinajstić information content (AvgIpc) is 2.66. The molecule has 2 aromatic rings. The number of nitrogens with one attached hydrogen (secondary N) is 1. The van der Waals surface area contributed by atoms with E-state index in [1.54, 1.807) is 0 Å². The lowest BCUT2D eigenvalue weighted by Gasteiger charge is -2.23. The van der Waals surface area contributed by atoms with Gasteiger partial charge < -0.3 is 15.8 Å². The third kappa shape index (κ3) is 5.94. The van der Waals surface area contributed by atoms with Gasteiger partial charge in [-0.1, -0.05) is 31.4 Å². The van der Waals surface area contributed by atoms with E-state index in [9.17, 15) is 9.18 Å². The molecule has 0 aliphatic heterocycles. The SMILES string of the molecule is Cl.NCCc1ccc(Oc2ccc(F)c(C(=O)NC3CCCCC3)c2)cc1. The van der Waals surface area contributed by atoms with E-state index < -0.39 is 5.82 Å². The summed E-state index contributed by atoms with van der Waals surface area (Å²) in [5, 5.41) is 2.94. The van der Waals surface area contributed by atoms with E-state index in [0.717, 1.165) is 37.7 Å². The van der Waals surface area contributed by atoms with Gasteiger partial charge in [-0.25, -0.2) is 4.39 Å². The van der Waals surface area contributed by atoms with Gasteiger partial charge >= 0.3 is 0 Å². The fourth-order valence-corrected chi connectivity index (χ4v) is 3.28. The molecule has 2 aromatic carbocycles. The minimum Gasteiger partial charge on any atom is -0.457 e. The maximum atomic E-state index is 14.1. The summed E-state index contributed by atoms with van der Waals surface area (Å²) in [5.41, 5.74) is 6.70. The first-order valence-electron chi connectivity index (χ1n) is 9.23. The lowest BCUT2D eigenvalue weighted by atomic mass is 9.95. The molecular formula is C21H26ClFN2O2. The van der Waals surface area contributed by atoms with Gasteiger partial charge in [0.25, 0.3) is 5.91 Å². The molecule has 0 aromatic heterocycles. The van der Waals surface area contributed by atoms with E-state index in [0.29, 0.717) is 18.0 Å². The third-order valence-electron chi connectivity index (χ3n) is 4.71. The van der Waals surface area contributed by atoms with Gasteiger partial charge in [0, 0.05) is 6.04 Å². The van der Waals surface area contributed by atoms with Gasteiger partial charge in [-0.15, -0.1) is 12.4 Å². The molecule has 146 valence electrons. The predicted octanol–water partition coefficient (Wildman–Crippen LogP) is 4.60. The number of rotatable bonds is 6. The van der Waals surface area contributed by atoms with Crippen molar-refractivity contribution < 1.29 is 13.9 Å². The van der Waals surface area contributed by atoms with Crippen LogP contribution in [0.3, 0.4) is 0 Å². The van der Waals surface area contributed by atoms with Crippen molar-refractivity contribution in [3.63, 3.8) is 0 Å². The number of carbonyl (C=O) groups is 1. The summed E-state index contributed by atoms with van der Waals surface area (Å²) in [5.74, 6) is 0.157. The summed E-state index contributed by atoms with van der Waals surface area (Å²) < 4.78 is 19.9. The molecule has 27 heavy (non-hydrogen) atoms. The van der Waals surface area contributed by atoms with E-state index in [4.69, 9.17) is 10.5 Å². The average molecular weight is 393 g/mol. The molecule has 3 rings (SSSR count). The summed E-state index contributed by atoms with van der Waals surface area (Å²) in [7, 11) is 0. The van der Waals surface area contributed by atoms with E-state index >= 15 is 0 Å². The summed E-state index contributed by atoms with van der Waals surface area (Å²) in [4.78, 5) is 12.4. The van der Waals surface area contributed by atoms with Gasteiger partial charge in [-0.3, -0.25) is 4.79 Å². The normalized spacial score (nSPS) is 14.3. The predicted molar refractivity (Wildman–Crippen MR) is 107 cm³/mol. The second kappa shape index (κ2) is 10.3. The molecular weight excluding hydrogens is 367 g/mol. The Bertz CT molecular complexity index is 746. The highest BCUT2D eigenvalue weighted by Gasteiger charge is 2.19. The monoisotopic (exact) mass is 392 g/mol. The van der Waals surface area contributed by atoms with Gasteiger partial charge in [0.05, 0.1) is 5.56 Å². The Kier molecular flexibility index (Phi) is 8.07. The van der Waals surface area contributed by atoms with Gasteiger partial charge in [0.2, 0.25) is 0 Å². The van der Waals surface area contributed by atoms with Gasteiger partial charge in [0.15, 0.2) is 0 Å². The van der Waals surface area contributed by atoms with Gasteiger partial charge in [-0.2, -0.15) is 0 Å². The summed E-state index contributed by atoms with van der Waals surface area (Å²) in [6, 6.07) is 12.0. The molecule has 0 atom stereocenters. The van der Waals surface area contributed by atoms with Crippen LogP contribution in [0.2, 0.25) is 0 Å². The van der Waals surface area contributed by atoms with E-state index in [2.05, 4.69) is 5.32 Å². The smallest absolute Gasteiger partial charge is 0.254 e. The number of halogens is 2. The molecule has 0 bridgehead atoms. The number of carbonyl (C=O) groups excluding carboxylic acids is 1. The van der Waals surface area contributed by atoms with Crippen LogP contribution in [-0.2, 0) is 6.42 Å². The van der Waals surface area contributed by atoms with Crippen LogP contribution in [0.4, 0.5) is 4.39 Å². The van der Waals surface area contributed by atoms with Crippen LogP contribution in [-0.4, -0.2) is 18.5 Å². The Morgan fingerprint density at radius 1 is 1.07 bits per heavy atom. The van der Waals surface area contributed by atoms with Gasteiger partial charge in [0.1, 0.15) is 17.3 Å². The van der Waals surface area contributed by atoms with Crippen LogP contribution in [0.15, 0.2) is 42.5 Å². The molecule has 0 radical (unpaired) electrons. The molecule has 0 heterocycles. The van der Waals surface area contributed by atoms with E-state index in [1.807, 2.05) is 24.3 Å². The topological polar surface area (TPSA) is 64.3 Å². The molecule has 0 unspecified atom stereocenters. The first-order chi connectivity index (χ1) is 12.7. The van der Waals surface area contributed by atoms with Crippen molar-refractivity contribution in [1.82, 2.24) is 5.32 Å². The Hall–Kier alpha value is -2.11. The Labute approximate surface area is 165 Å². The zero-order valence-electron chi connectivity index (χ0n) is 15.2. The molecule has 1 aliphatic carbocycles. The molecule has 6 heteroatoms. The summed E-state index contributed by atoms with van der Waals surface area (Å²) >= 11 is 0. The first kappa shape index (κ1) is 21.2. The largest absolute Gasteiger partial charge is 0.457 e. The van der Waals surface area contributed by atoms with Crippen LogP contribution in [0.25, 0.3) is 0 Å². The number of hydrogen-bond acceptors (Lipinski definition) is 3. The fourth-order valence-electron chi connectivity index (χ4n) is 3.28. The van der Waals surface area contributed by atoms with Gasteiger partial charge in [-0.05, 0) is 61.7 Å². The Balaban J connectivity index is 0.00000261. The number of nitrogens with two attached hydrogens (primary N) is 1. The van der Waals surface area contributed by atoms with Crippen molar-refractivity contribution in [1.29, 1.82) is 0 Å². The van der Waals surface area contributed by atoms with Crippen LogP contribution >= 0.6 is 12.4 Å². The summed E-state index contributed by atoms with van der Waals surface area (Å²) in [6.07, 6.45) is 6.14. The molecule has 3 N–H and O–H groups in total. The fraction of sp³-hybridized carbons (Fsp3) is 0.381. The zero-order chi connectivity index (χ0) is 18.4. The molecule has 1 fully saturated rings. The van der Waals surface area contributed by atoms with Crippen LogP contribution < -0.4 is 15.8 Å². The van der Waals surface area contributed by atoms with Crippen molar-refractivity contribution in [3.05, 3.63) is 59.4 Å². The highest BCUT2D eigenvalue weighted by molar-refractivity contribution is 5.95. The number of hydrogen-bond donors (Lipinski definition) is 2.